The maximum absolute atomic E-state index is 12.5. The fourth-order valence-electron chi connectivity index (χ4n) is 3.45. The van der Waals surface area contributed by atoms with Crippen LogP contribution in [-0.4, -0.2) is 44.4 Å². The van der Waals surface area contributed by atoms with Crippen LogP contribution < -0.4 is 10.1 Å². The Hall–Kier alpha value is -1.60. The van der Waals surface area contributed by atoms with E-state index < -0.39 is 10.0 Å². The molecule has 7 heteroatoms. The molecule has 1 heterocycles. The number of ether oxygens (including phenoxy) is 1. The van der Waals surface area contributed by atoms with Gasteiger partial charge in [-0.25, -0.2) is 8.42 Å². The van der Waals surface area contributed by atoms with Gasteiger partial charge in [0.2, 0.25) is 10.0 Å². The standard InChI is InChI=1S/C18H26N2O4S/c21-18(19-15-6-2-1-3-7-15)14-24-16-8-10-17(11-9-16)25(22,23)20-12-4-5-13-20/h8-11,15H,1-7,12-14H2,(H,19,21). The van der Waals surface area contributed by atoms with E-state index in [1.54, 1.807) is 24.3 Å². The van der Waals surface area contributed by atoms with Crippen LogP contribution in [0.15, 0.2) is 29.2 Å². The molecule has 0 unspecified atom stereocenters. The molecule has 0 aromatic heterocycles. The van der Waals surface area contributed by atoms with E-state index in [0.717, 1.165) is 25.7 Å². The Morgan fingerprint density at radius 2 is 1.68 bits per heavy atom. The third kappa shape index (κ3) is 4.73. The molecule has 25 heavy (non-hydrogen) atoms. The van der Waals surface area contributed by atoms with Crippen LogP contribution in [0.5, 0.6) is 5.75 Å². The molecule has 1 aliphatic carbocycles. The summed E-state index contributed by atoms with van der Waals surface area (Å²) in [6, 6.07) is 6.57. The molecule has 1 N–H and O–H groups in total. The van der Waals surface area contributed by atoms with Crippen molar-refractivity contribution in [2.75, 3.05) is 19.7 Å². The molecule has 6 nitrogen and oxygen atoms in total. The van der Waals surface area contributed by atoms with Gasteiger partial charge in [0, 0.05) is 19.1 Å². The van der Waals surface area contributed by atoms with E-state index in [1.165, 1.54) is 23.6 Å². The van der Waals surface area contributed by atoms with Gasteiger partial charge in [-0.15, -0.1) is 0 Å². The number of sulfonamides is 1. The minimum Gasteiger partial charge on any atom is -0.484 e. The molecule has 1 aromatic rings. The summed E-state index contributed by atoms with van der Waals surface area (Å²) < 4.78 is 31.9. The van der Waals surface area contributed by atoms with Gasteiger partial charge < -0.3 is 10.1 Å². The third-order valence-electron chi connectivity index (χ3n) is 4.87. The highest BCUT2D eigenvalue weighted by molar-refractivity contribution is 7.89. The van der Waals surface area contributed by atoms with Crippen LogP contribution in [0.25, 0.3) is 0 Å². The first kappa shape index (κ1) is 18.2. The normalized spacial score (nSPS) is 19.7. The molecule has 1 saturated heterocycles. The Labute approximate surface area is 149 Å². The van der Waals surface area contributed by atoms with Gasteiger partial charge >= 0.3 is 0 Å². The third-order valence-corrected chi connectivity index (χ3v) is 6.78. The topological polar surface area (TPSA) is 75.7 Å². The summed E-state index contributed by atoms with van der Waals surface area (Å²) in [6.07, 6.45) is 7.48. The predicted molar refractivity (Wildman–Crippen MR) is 94.9 cm³/mol. The average molecular weight is 366 g/mol. The molecule has 3 rings (SSSR count). The van der Waals surface area contributed by atoms with E-state index >= 15 is 0 Å². The van der Waals surface area contributed by atoms with Gasteiger partial charge in [0.05, 0.1) is 4.90 Å². The van der Waals surface area contributed by atoms with Gasteiger partial charge in [-0.05, 0) is 49.9 Å². The highest BCUT2D eigenvalue weighted by atomic mass is 32.2. The number of nitrogens with zero attached hydrogens (tertiary/aromatic N) is 1. The zero-order chi connectivity index (χ0) is 17.7. The van der Waals surface area contributed by atoms with E-state index in [4.69, 9.17) is 4.74 Å². The lowest BCUT2D eigenvalue weighted by Crippen LogP contribution is -2.38. The molecule has 138 valence electrons. The molecule has 0 spiro atoms. The van der Waals surface area contributed by atoms with Crippen LogP contribution in [-0.2, 0) is 14.8 Å². The Bertz CT molecular complexity index is 676. The highest BCUT2D eigenvalue weighted by Crippen LogP contribution is 2.23. The molecule has 2 fully saturated rings. The lowest BCUT2D eigenvalue weighted by molar-refractivity contribution is -0.124. The predicted octanol–water partition coefficient (Wildman–Crippen LogP) is 2.30. The van der Waals surface area contributed by atoms with Gasteiger partial charge in [-0.2, -0.15) is 4.31 Å². The van der Waals surface area contributed by atoms with Gasteiger partial charge in [-0.1, -0.05) is 19.3 Å². The Kier molecular flexibility index (Phi) is 5.96. The maximum atomic E-state index is 12.5. The maximum Gasteiger partial charge on any atom is 0.258 e. The van der Waals surface area contributed by atoms with Crippen LogP contribution in [0.3, 0.4) is 0 Å². The largest absolute Gasteiger partial charge is 0.484 e. The van der Waals surface area contributed by atoms with Gasteiger partial charge in [-0.3, -0.25) is 4.79 Å². The smallest absolute Gasteiger partial charge is 0.258 e. The first-order valence-corrected chi connectivity index (χ1v) is 10.5. The van der Waals surface area contributed by atoms with Crippen molar-refractivity contribution in [1.29, 1.82) is 0 Å². The summed E-state index contributed by atoms with van der Waals surface area (Å²) in [4.78, 5) is 12.2. The number of carbonyl (C=O) groups excluding carboxylic acids is 1. The Morgan fingerprint density at radius 1 is 1.04 bits per heavy atom. The van der Waals surface area contributed by atoms with Crippen molar-refractivity contribution in [3.63, 3.8) is 0 Å². The average Bonchev–Trinajstić information content (AvgIpc) is 3.17. The molecule has 0 bridgehead atoms. The molecule has 2 aliphatic rings. The van der Waals surface area contributed by atoms with Crippen molar-refractivity contribution in [2.24, 2.45) is 0 Å². The van der Waals surface area contributed by atoms with Crippen molar-refractivity contribution < 1.29 is 17.9 Å². The summed E-state index contributed by atoms with van der Waals surface area (Å²) >= 11 is 0. The van der Waals surface area contributed by atoms with Crippen molar-refractivity contribution in [3.8, 4) is 5.75 Å². The van der Waals surface area contributed by atoms with Crippen LogP contribution in [0.4, 0.5) is 0 Å². The zero-order valence-electron chi connectivity index (χ0n) is 14.4. The van der Waals surface area contributed by atoms with Crippen LogP contribution in [0.2, 0.25) is 0 Å². The summed E-state index contributed by atoms with van der Waals surface area (Å²) in [5, 5.41) is 3.00. The van der Waals surface area contributed by atoms with Crippen LogP contribution in [0.1, 0.15) is 44.9 Å². The minimum atomic E-state index is -3.41. The van der Waals surface area contributed by atoms with Gasteiger partial charge in [0.1, 0.15) is 5.75 Å². The summed E-state index contributed by atoms with van der Waals surface area (Å²) in [7, 11) is -3.41. The van der Waals surface area contributed by atoms with Crippen molar-refractivity contribution in [1.82, 2.24) is 9.62 Å². The molecule has 1 aromatic carbocycles. The summed E-state index contributed by atoms with van der Waals surface area (Å²) in [5.41, 5.74) is 0. The lowest BCUT2D eigenvalue weighted by atomic mass is 9.95. The minimum absolute atomic E-state index is 0.0469. The van der Waals surface area contributed by atoms with E-state index in [9.17, 15) is 13.2 Å². The van der Waals surface area contributed by atoms with Crippen molar-refractivity contribution in [2.45, 2.75) is 55.9 Å². The molecular formula is C18H26N2O4S. The quantitative estimate of drug-likeness (QED) is 0.838. The second-order valence-electron chi connectivity index (χ2n) is 6.77. The number of amides is 1. The number of rotatable bonds is 6. The number of hydrogen-bond donors (Lipinski definition) is 1. The SMILES string of the molecule is O=C(COc1ccc(S(=O)(=O)N2CCCC2)cc1)NC1CCCCC1. The lowest BCUT2D eigenvalue weighted by Gasteiger charge is -2.22. The molecule has 1 amide bonds. The molecule has 0 radical (unpaired) electrons. The fraction of sp³-hybridized carbons (Fsp3) is 0.611. The van der Waals surface area contributed by atoms with Gasteiger partial charge in [0.25, 0.3) is 5.91 Å². The van der Waals surface area contributed by atoms with E-state index in [-0.39, 0.29) is 23.5 Å². The summed E-state index contributed by atoms with van der Waals surface area (Å²) in [6.45, 7) is 1.12. The number of nitrogens with one attached hydrogen (secondary N) is 1. The fourth-order valence-corrected chi connectivity index (χ4v) is 4.97. The number of benzene rings is 1. The van der Waals surface area contributed by atoms with Crippen LogP contribution in [0, 0.1) is 0 Å². The van der Waals surface area contributed by atoms with Crippen molar-refractivity contribution >= 4 is 15.9 Å². The van der Waals surface area contributed by atoms with Crippen molar-refractivity contribution in [3.05, 3.63) is 24.3 Å². The zero-order valence-corrected chi connectivity index (χ0v) is 15.3. The number of carbonyl (C=O) groups is 1. The second-order valence-corrected chi connectivity index (χ2v) is 8.71. The Balaban J connectivity index is 1.51. The molecular weight excluding hydrogens is 340 g/mol. The number of hydrogen-bond acceptors (Lipinski definition) is 4. The first-order valence-electron chi connectivity index (χ1n) is 9.08. The van der Waals surface area contributed by atoms with Gasteiger partial charge in [0.15, 0.2) is 6.61 Å². The molecule has 0 atom stereocenters. The van der Waals surface area contributed by atoms with Crippen LogP contribution >= 0.6 is 0 Å². The monoisotopic (exact) mass is 366 g/mol. The Morgan fingerprint density at radius 3 is 2.32 bits per heavy atom. The second kappa shape index (κ2) is 8.19. The molecule has 1 aliphatic heterocycles. The first-order chi connectivity index (χ1) is 12.1. The van der Waals surface area contributed by atoms with E-state index in [2.05, 4.69) is 5.32 Å². The summed E-state index contributed by atoms with van der Waals surface area (Å²) in [5.74, 6) is 0.375. The van der Waals surface area contributed by atoms with E-state index in [0.29, 0.717) is 18.8 Å². The van der Waals surface area contributed by atoms with E-state index in [1.807, 2.05) is 0 Å². The highest BCUT2D eigenvalue weighted by Gasteiger charge is 2.27. The molecule has 1 saturated carbocycles.